The maximum Gasteiger partial charge on any atom is 0.251 e. The average molecular weight is 374 g/mol. The van der Waals surface area contributed by atoms with Crippen LogP contribution in [0.2, 0.25) is 1.41 Å². The number of pyridine rings is 1. The number of carbonyl (C=O) groups excluding carboxylic acids is 4. The average Bonchev–Trinajstić information content (AvgIpc) is 3.30. The molecular formula is C18H23N5O4. The number of carbonyl (C=O) groups is 4. The smallest absolute Gasteiger partial charge is 0.251 e. The number of nitrogens with zero attached hydrogens (tertiary/aromatic N) is 3. The number of nitrogens with two attached hydrogens (primary N) is 1. The number of anilines is 1. The van der Waals surface area contributed by atoms with Gasteiger partial charge in [0.15, 0.2) is 1.41 Å². The van der Waals surface area contributed by atoms with Crippen molar-refractivity contribution < 1.29 is 20.6 Å². The van der Waals surface area contributed by atoms with E-state index < -0.39 is 41.8 Å². The van der Waals surface area contributed by atoms with Crippen LogP contribution in [0.4, 0.5) is 5.82 Å². The Morgan fingerprint density at radius 3 is 2.78 bits per heavy atom. The van der Waals surface area contributed by atoms with E-state index in [-0.39, 0.29) is 18.7 Å². The molecule has 0 spiro atoms. The van der Waals surface area contributed by atoms with E-state index in [4.69, 9.17) is 7.15 Å². The van der Waals surface area contributed by atoms with Crippen molar-refractivity contribution in [3.8, 4) is 0 Å². The number of amides is 4. The van der Waals surface area contributed by atoms with Gasteiger partial charge in [0.2, 0.25) is 17.7 Å². The van der Waals surface area contributed by atoms with Crippen molar-refractivity contribution in [1.82, 2.24) is 15.2 Å². The number of likely N-dealkylation sites (tertiary alicyclic amines) is 1. The van der Waals surface area contributed by atoms with Crippen molar-refractivity contribution in [2.24, 2.45) is 5.73 Å². The highest BCUT2D eigenvalue weighted by Gasteiger charge is 2.41. The first kappa shape index (κ1) is 17.4. The van der Waals surface area contributed by atoms with Crippen LogP contribution >= 0.6 is 0 Å². The number of nitrogens with one attached hydrogen (secondary N) is 1. The molecule has 2 aliphatic heterocycles. The Morgan fingerprint density at radius 1 is 1.41 bits per heavy atom. The third-order valence-electron chi connectivity index (χ3n) is 4.96. The molecule has 1 aromatic heterocycles. The Kier molecular flexibility index (Phi) is 4.99. The molecule has 3 heterocycles. The topological polar surface area (TPSA) is 126 Å². The van der Waals surface area contributed by atoms with Gasteiger partial charge in [-0.2, -0.15) is 0 Å². The highest BCUT2D eigenvalue weighted by Crippen LogP contribution is 2.23. The van der Waals surface area contributed by atoms with E-state index in [9.17, 15) is 19.2 Å². The molecule has 3 atom stereocenters. The van der Waals surface area contributed by atoms with Crippen molar-refractivity contribution in [2.75, 3.05) is 11.4 Å². The molecule has 9 heteroatoms. The summed E-state index contributed by atoms with van der Waals surface area (Å²) in [7, 11) is 0. The Bertz CT molecular complexity index is 789. The van der Waals surface area contributed by atoms with Gasteiger partial charge >= 0.3 is 0 Å². The molecular weight excluding hydrogens is 350 g/mol. The van der Waals surface area contributed by atoms with Crippen LogP contribution in [0, 0.1) is 0 Å². The molecule has 1 aromatic rings. The molecule has 3 N–H and O–H groups in total. The van der Waals surface area contributed by atoms with Crippen LogP contribution in [0.15, 0.2) is 24.4 Å². The van der Waals surface area contributed by atoms with Crippen molar-refractivity contribution in [3.05, 3.63) is 24.4 Å². The fourth-order valence-corrected chi connectivity index (χ4v) is 3.58. The minimum atomic E-state index is -0.977. The summed E-state index contributed by atoms with van der Waals surface area (Å²) in [6.45, 7) is 1.93. The van der Waals surface area contributed by atoms with E-state index in [0.717, 1.165) is 0 Å². The molecule has 0 bridgehead atoms. The molecule has 4 amide bonds. The zero-order valence-corrected chi connectivity index (χ0v) is 15.1. The van der Waals surface area contributed by atoms with E-state index in [1.54, 1.807) is 25.1 Å². The van der Waals surface area contributed by atoms with E-state index in [1.807, 2.05) is 0 Å². The largest absolute Gasteiger partial charge is 0.368 e. The summed E-state index contributed by atoms with van der Waals surface area (Å²) in [5.74, 6) is -1.73. The van der Waals surface area contributed by atoms with E-state index in [2.05, 4.69) is 4.98 Å². The van der Waals surface area contributed by atoms with Gasteiger partial charge in [0.25, 0.3) is 5.91 Å². The van der Waals surface area contributed by atoms with Crippen LogP contribution in [-0.2, 0) is 19.2 Å². The predicted molar refractivity (Wildman–Crippen MR) is 96.3 cm³/mol. The molecule has 0 unspecified atom stereocenters. The number of aromatic nitrogens is 1. The van der Waals surface area contributed by atoms with Crippen LogP contribution < -0.4 is 15.9 Å². The number of hydrogen-bond acceptors (Lipinski definition) is 5. The van der Waals surface area contributed by atoms with Gasteiger partial charge in [-0.25, -0.2) is 4.98 Å². The van der Waals surface area contributed by atoms with Crippen molar-refractivity contribution in [2.45, 2.75) is 50.7 Å². The zero-order valence-electron chi connectivity index (χ0n) is 16.1. The molecule has 9 nitrogen and oxygen atoms in total. The Balaban J connectivity index is 1.91. The predicted octanol–water partition coefficient (Wildman–Crippen LogP) is -0.442. The van der Waals surface area contributed by atoms with Gasteiger partial charge in [-0.3, -0.25) is 24.1 Å². The van der Waals surface area contributed by atoms with Gasteiger partial charge in [0, 0.05) is 19.2 Å². The first-order chi connectivity index (χ1) is 13.3. The molecule has 27 heavy (non-hydrogen) atoms. The molecule has 0 aromatic carbocycles. The SMILES string of the molecule is [2H]N1C(=O)CC[C@H]1C(=O)N(c1ccccn1)[C@@H](C)C(=O)N1CCC[C@H]1C(N)=O. The van der Waals surface area contributed by atoms with Crippen LogP contribution in [0.25, 0.3) is 0 Å². The fourth-order valence-electron chi connectivity index (χ4n) is 3.58. The van der Waals surface area contributed by atoms with E-state index in [0.29, 0.717) is 24.7 Å². The highest BCUT2D eigenvalue weighted by molar-refractivity contribution is 6.05. The fraction of sp³-hybridized carbons (Fsp3) is 0.500. The Morgan fingerprint density at radius 2 is 2.19 bits per heavy atom. The molecule has 2 aliphatic rings. The zero-order chi connectivity index (χ0) is 20.4. The normalized spacial score (nSPS) is 23.9. The van der Waals surface area contributed by atoms with E-state index >= 15 is 0 Å². The minimum Gasteiger partial charge on any atom is -0.368 e. The van der Waals surface area contributed by atoms with Gasteiger partial charge in [-0.1, -0.05) is 6.07 Å². The molecule has 0 aliphatic carbocycles. The van der Waals surface area contributed by atoms with Gasteiger partial charge in [0.1, 0.15) is 23.9 Å². The van der Waals surface area contributed by atoms with Gasteiger partial charge < -0.3 is 15.9 Å². The second-order valence-corrected chi connectivity index (χ2v) is 6.74. The maximum atomic E-state index is 13.2. The number of rotatable bonds is 5. The lowest BCUT2D eigenvalue weighted by Gasteiger charge is -2.33. The molecule has 144 valence electrons. The first-order valence-electron chi connectivity index (χ1n) is 9.42. The van der Waals surface area contributed by atoms with Crippen molar-refractivity contribution in [1.29, 1.82) is 0 Å². The standard InChI is InChI=1S/C18H23N5O4/c1-11(17(26)22-10-4-5-13(22)16(19)25)23(14-6-2-3-9-20-14)18(27)12-7-8-15(24)21-12/h2-3,6,9,11-13H,4-5,7-8,10H2,1H3,(H2,19,25)(H,21,24)/t11-,12-,13-/m0/s1/i/hD. The lowest BCUT2D eigenvalue weighted by atomic mass is 10.1. The quantitative estimate of drug-likeness (QED) is 0.722. The summed E-state index contributed by atoms with van der Waals surface area (Å²) in [4.78, 5) is 56.5. The number of primary amides is 1. The molecule has 0 saturated carbocycles. The lowest BCUT2D eigenvalue weighted by molar-refractivity contribution is -0.139. The van der Waals surface area contributed by atoms with Gasteiger partial charge in [0.05, 0.1) is 0 Å². The number of hydrogen-bond donors (Lipinski definition) is 2. The summed E-state index contributed by atoms with van der Waals surface area (Å²) in [6.07, 6.45) is 2.95. The minimum absolute atomic E-state index is 0.105. The summed E-state index contributed by atoms with van der Waals surface area (Å²) in [6, 6.07) is 2.30. The van der Waals surface area contributed by atoms with Crippen LogP contribution in [-0.4, -0.2) is 58.2 Å². The van der Waals surface area contributed by atoms with Crippen LogP contribution in [0.1, 0.15) is 32.6 Å². The third-order valence-corrected chi connectivity index (χ3v) is 4.96. The van der Waals surface area contributed by atoms with Gasteiger partial charge in [-0.05, 0) is 38.3 Å². The monoisotopic (exact) mass is 374 g/mol. The third kappa shape index (κ3) is 3.76. The molecule has 2 fully saturated rings. The van der Waals surface area contributed by atoms with E-state index in [1.165, 1.54) is 16.0 Å². The van der Waals surface area contributed by atoms with Gasteiger partial charge in [-0.15, -0.1) is 0 Å². The van der Waals surface area contributed by atoms with Crippen LogP contribution in [0.5, 0.6) is 0 Å². The van der Waals surface area contributed by atoms with Crippen molar-refractivity contribution >= 4 is 29.4 Å². The first-order valence-corrected chi connectivity index (χ1v) is 8.97. The summed E-state index contributed by atoms with van der Waals surface area (Å²) in [5, 5.41) is 0.664. The Labute approximate surface area is 158 Å². The molecule has 3 rings (SSSR count). The highest BCUT2D eigenvalue weighted by atomic mass is 16.2. The summed E-state index contributed by atoms with van der Waals surface area (Å²) < 4.78 is 7.84. The lowest BCUT2D eigenvalue weighted by Crippen LogP contribution is -2.56. The Hall–Kier alpha value is -2.97. The summed E-state index contributed by atoms with van der Waals surface area (Å²) in [5.41, 5.74) is 5.41. The molecule has 0 radical (unpaired) electrons. The second-order valence-electron chi connectivity index (χ2n) is 6.74. The maximum absolute atomic E-state index is 13.2. The molecule has 2 saturated heterocycles. The van der Waals surface area contributed by atoms with Crippen LogP contribution in [0.3, 0.4) is 0 Å². The second kappa shape index (κ2) is 7.73. The van der Waals surface area contributed by atoms with Crippen molar-refractivity contribution in [3.63, 3.8) is 0 Å². The summed E-state index contributed by atoms with van der Waals surface area (Å²) >= 11 is 0.